The smallest absolute Gasteiger partial charge is 0.0434 e. The lowest BCUT2D eigenvalue weighted by atomic mass is 9.84. The Hall–Kier alpha value is -7.10. The van der Waals surface area contributed by atoms with Gasteiger partial charge < -0.3 is 0 Å². The molecular formula is C58H34S2. The van der Waals surface area contributed by atoms with Gasteiger partial charge in [0.1, 0.15) is 0 Å². The second-order valence-corrected chi connectivity index (χ2v) is 18.0. The Morgan fingerprint density at radius 1 is 0.233 bits per heavy atom. The second-order valence-electron chi connectivity index (χ2n) is 15.8. The molecule has 0 amide bonds. The first kappa shape index (κ1) is 33.8. The fourth-order valence-electron chi connectivity index (χ4n) is 10.2. The Labute approximate surface area is 354 Å². The lowest BCUT2D eigenvalue weighted by Crippen LogP contribution is -1.91. The summed E-state index contributed by atoms with van der Waals surface area (Å²) in [5.74, 6) is 0. The molecule has 2 aromatic heterocycles. The van der Waals surface area contributed by atoms with Gasteiger partial charge in [0.05, 0.1) is 0 Å². The standard InChI is InChI=1S/C58H34S2/c1-2-16-35(17-3-1)53-38-19-4-10-25-44(38)56(45-26-11-5-20-39(45)53)47-28-14-29-48-57-46(27-15-31-52(57)60-58(47)48)55-42-23-8-6-21-40(42)54(41-22-7-9-24-43(41)55)36-32-33-51-49(34-36)37-18-12-13-30-50(37)59-51/h1-34H. The van der Waals surface area contributed by atoms with Crippen LogP contribution in [0, 0.1) is 0 Å². The summed E-state index contributed by atoms with van der Waals surface area (Å²) in [5.41, 5.74) is 10.3. The molecule has 0 saturated carbocycles. The number of rotatable bonds is 4. The van der Waals surface area contributed by atoms with Crippen molar-refractivity contribution in [1.82, 2.24) is 0 Å². The average molecular weight is 795 g/mol. The molecule has 2 heteroatoms. The van der Waals surface area contributed by atoms with Crippen LogP contribution in [-0.4, -0.2) is 0 Å². The molecule has 0 unspecified atom stereocenters. The lowest BCUT2D eigenvalue weighted by molar-refractivity contribution is 1.67. The van der Waals surface area contributed by atoms with Crippen LogP contribution in [0.15, 0.2) is 206 Å². The second kappa shape index (κ2) is 13.2. The summed E-state index contributed by atoms with van der Waals surface area (Å²) in [5, 5.41) is 15.5. The highest BCUT2D eigenvalue weighted by Gasteiger charge is 2.23. The molecule has 278 valence electrons. The molecule has 0 spiro atoms. The van der Waals surface area contributed by atoms with E-state index in [1.165, 1.54) is 128 Å². The van der Waals surface area contributed by atoms with Gasteiger partial charge in [-0.3, -0.25) is 0 Å². The van der Waals surface area contributed by atoms with Gasteiger partial charge in [0, 0.05) is 45.9 Å². The van der Waals surface area contributed by atoms with Crippen LogP contribution in [-0.2, 0) is 0 Å². The van der Waals surface area contributed by atoms with Crippen molar-refractivity contribution in [2.24, 2.45) is 0 Å². The zero-order valence-electron chi connectivity index (χ0n) is 32.4. The molecule has 13 aromatic rings. The monoisotopic (exact) mass is 794 g/mol. The zero-order chi connectivity index (χ0) is 39.3. The van der Waals surface area contributed by atoms with Crippen LogP contribution in [0.1, 0.15) is 0 Å². The van der Waals surface area contributed by atoms with Gasteiger partial charge in [-0.05, 0) is 106 Å². The molecule has 2 heterocycles. The molecule has 0 aliphatic carbocycles. The van der Waals surface area contributed by atoms with E-state index in [0.29, 0.717) is 0 Å². The summed E-state index contributed by atoms with van der Waals surface area (Å²) in [7, 11) is 0. The fraction of sp³-hybridized carbons (Fsp3) is 0. The molecule has 60 heavy (non-hydrogen) atoms. The number of hydrogen-bond donors (Lipinski definition) is 0. The van der Waals surface area contributed by atoms with Crippen molar-refractivity contribution in [3.63, 3.8) is 0 Å². The molecule has 0 bridgehead atoms. The number of fused-ring (bicyclic) bond motifs is 10. The molecule has 0 aliphatic rings. The molecule has 11 aromatic carbocycles. The first-order valence-electron chi connectivity index (χ1n) is 20.6. The third-order valence-electron chi connectivity index (χ3n) is 12.7. The summed E-state index contributed by atoms with van der Waals surface area (Å²) in [6.07, 6.45) is 0. The first-order chi connectivity index (χ1) is 29.8. The predicted octanol–water partition coefficient (Wildman–Crippen LogP) is 17.7. The molecule has 0 nitrogen and oxygen atoms in total. The Bertz CT molecular complexity index is 3770. The highest BCUT2D eigenvalue weighted by molar-refractivity contribution is 7.26. The van der Waals surface area contributed by atoms with Crippen LogP contribution < -0.4 is 0 Å². The van der Waals surface area contributed by atoms with Gasteiger partial charge >= 0.3 is 0 Å². The van der Waals surface area contributed by atoms with Crippen molar-refractivity contribution in [1.29, 1.82) is 0 Å². The Balaban J connectivity index is 1.09. The maximum atomic E-state index is 2.43. The van der Waals surface area contributed by atoms with E-state index in [-0.39, 0.29) is 0 Å². The van der Waals surface area contributed by atoms with Gasteiger partial charge in [-0.2, -0.15) is 0 Å². The normalized spacial score (nSPS) is 12.0. The van der Waals surface area contributed by atoms with Gasteiger partial charge in [-0.1, -0.05) is 182 Å². The van der Waals surface area contributed by atoms with Gasteiger partial charge in [0.15, 0.2) is 0 Å². The quantitative estimate of drug-likeness (QED) is 0.156. The highest BCUT2D eigenvalue weighted by atomic mass is 32.1. The average Bonchev–Trinajstić information content (AvgIpc) is 3.89. The topological polar surface area (TPSA) is 0 Å². The predicted molar refractivity (Wildman–Crippen MR) is 264 cm³/mol. The van der Waals surface area contributed by atoms with E-state index in [2.05, 4.69) is 206 Å². The third kappa shape index (κ3) is 4.90. The van der Waals surface area contributed by atoms with Gasteiger partial charge in [-0.15, -0.1) is 22.7 Å². The minimum absolute atomic E-state index is 1.24. The lowest BCUT2D eigenvalue weighted by Gasteiger charge is -2.19. The van der Waals surface area contributed by atoms with Crippen molar-refractivity contribution >= 4 is 106 Å². The van der Waals surface area contributed by atoms with Crippen LogP contribution in [0.2, 0.25) is 0 Å². The van der Waals surface area contributed by atoms with Crippen LogP contribution in [0.4, 0.5) is 0 Å². The summed E-state index contributed by atoms with van der Waals surface area (Å²) in [4.78, 5) is 0. The van der Waals surface area contributed by atoms with Gasteiger partial charge in [0.2, 0.25) is 0 Å². The van der Waals surface area contributed by atoms with Crippen molar-refractivity contribution in [2.45, 2.75) is 0 Å². The largest absolute Gasteiger partial charge is 0.135 e. The fourth-order valence-corrected chi connectivity index (χ4v) is 12.5. The van der Waals surface area contributed by atoms with E-state index in [9.17, 15) is 0 Å². The van der Waals surface area contributed by atoms with Crippen molar-refractivity contribution in [3.8, 4) is 44.5 Å². The Morgan fingerprint density at radius 2 is 0.667 bits per heavy atom. The van der Waals surface area contributed by atoms with Crippen LogP contribution in [0.5, 0.6) is 0 Å². The van der Waals surface area contributed by atoms with E-state index in [0.717, 1.165) is 0 Å². The maximum absolute atomic E-state index is 2.43. The van der Waals surface area contributed by atoms with E-state index in [1.54, 1.807) is 0 Å². The molecule has 0 radical (unpaired) electrons. The third-order valence-corrected chi connectivity index (χ3v) is 15.0. The molecule has 0 fully saturated rings. The van der Waals surface area contributed by atoms with Crippen molar-refractivity contribution in [3.05, 3.63) is 206 Å². The molecule has 0 N–H and O–H groups in total. The molecule has 0 atom stereocenters. The molecule has 13 rings (SSSR count). The zero-order valence-corrected chi connectivity index (χ0v) is 34.1. The Kier molecular flexibility index (Phi) is 7.45. The molecule has 0 aliphatic heterocycles. The first-order valence-corrected chi connectivity index (χ1v) is 22.2. The number of thiophene rings is 2. The summed E-state index contributed by atoms with van der Waals surface area (Å²) >= 11 is 3.80. The van der Waals surface area contributed by atoms with Crippen LogP contribution in [0.3, 0.4) is 0 Å². The van der Waals surface area contributed by atoms with E-state index >= 15 is 0 Å². The SMILES string of the molecule is c1ccc(-c2c3ccccc3c(-c3cccc4c3sc3cccc(-c5c6ccccc6c(-c6ccc7sc8ccccc8c7c6)c6ccccc56)c34)c3ccccc23)cc1. The minimum atomic E-state index is 1.24. The van der Waals surface area contributed by atoms with E-state index < -0.39 is 0 Å². The Morgan fingerprint density at radius 3 is 1.28 bits per heavy atom. The van der Waals surface area contributed by atoms with E-state index in [1.807, 2.05) is 22.7 Å². The maximum Gasteiger partial charge on any atom is 0.0434 e. The highest BCUT2D eigenvalue weighted by Crippen LogP contribution is 2.52. The summed E-state index contributed by atoms with van der Waals surface area (Å²) in [6.45, 7) is 0. The summed E-state index contributed by atoms with van der Waals surface area (Å²) < 4.78 is 5.29. The molecule has 0 saturated heterocycles. The van der Waals surface area contributed by atoms with Gasteiger partial charge in [0.25, 0.3) is 0 Å². The molecular weight excluding hydrogens is 761 g/mol. The van der Waals surface area contributed by atoms with Crippen LogP contribution >= 0.6 is 22.7 Å². The summed E-state index contributed by atoms with van der Waals surface area (Å²) in [6, 6.07) is 76.8. The van der Waals surface area contributed by atoms with Crippen molar-refractivity contribution < 1.29 is 0 Å². The van der Waals surface area contributed by atoms with Gasteiger partial charge in [-0.25, -0.2) is 0 Å². The number of hydrogen-bond acceptors (Lipinski definition) is 2. The van der Waals surface area contributed by atoms with Crippen molar-refractivity contribution in [2.75, 3.05) is 0 Å². The minimum Gasteiger partial charge on any atom is -0.135 e. The number of benzene rings is 11. The van der Waals surface area contributed by atoms with E-state index in [4.69, 9.17) is 0 Å². The van der Waals surface area contributed by atoms with Crippen LogP contribution in [0.25, 0.3) is 128 Å².